The Kier molecular flexibility index (Phi) is 12.6. The molecule has 2 amide bonds. The maximum absolute atomic E-state index is 13.7. The van der Waals surface area contributed by atoms with Gasteiger partial charge in [-0.25, -0.2) is 39.9 Å². The second kappa shape index (κ2) is 19.0. The summed E-state index contributed by atoms with van der Waals surface area (Å²) in [5.74, 6) is 1.79. The van der Waals surface area contributed by atoms with E-state index in [-0.39, 0.29) is 51.7 Å². The number of halogens is 3. The highest BCUT2D eigenvalue weighted by Gasteiger charge is 2.35. The lowest BCUT2D eigenvalue weighted by Crippen LogP contribution is -2.31. The van der Waals surface area contributed by atoms with E-state index in [2.05, 4.69) is 84.5 Å². The average Bonchev–Trinajstić information content (AvgIpc) is 4.21. The van der Waals surface area contributed by atoms with Crippen LogP contribution in [-0.4, -0.2) is 108 Å². The minimum atomic E-state index is -4.51. The van der Waals surface area contributed by atoms with Crippen molar-refractivity contribution in [3.05, 3.63) is 94.6 Å². The molecule has 1 aromatic carbocycles. The number of nitrogens with two attached hydrogens (primary N) is 2. The van der Waals surface area contributed by atoms with Gasteiger partial charge in [0.15, 0.2) is 28.8 Å². The fourth-order valence-corrected chi connectivity index (χ4v) is 9.43. The topological polar surface area (TPSA) is 303 Å². The van der Waals surface area contributed by atoms with Crippen molar-refractivity contribution in [2.75, 3.05) is 37.6 Å². The van der Waals surface area contributed by atoms with E-state index in [4.69, 9.17) is 30.5 Å². The van der Waals surface area contributed by atoms with Gasteiger partial charge in [-0.05, 0) is 83.3 Å². The Hall–Kier alpha value is -7.93. The summed E-state index contributed by atoms with van der Waals surface area (Å²) in [7, 11) is 0. The number of fused-ring (bicyclic) bond motifs is 2. The first kappa shape index (κ1) is 47.7. The lowest BCUT2D eigenvalue weighted by molar-refractivity contribution is -0.137. The van der Waals surface area contributed by atoms with Gasteiger partial charge < -0.3 is 41.1 Å². The minimum absolute atomic E-state index is 0.116. The number of likely N-dealkylation sites (tertiary alicyclic amines) is 2. The van der Waals surface area contributed by atoms with Crippen LogP contribution in [-0.2, 0) is 24.7 Å². The van der Waals surface area contributed by atoms with Crippen LogP contribution in [0.4, 0.5) is 24.8 Å². The summed E-state index contributed by atoms with van der Waals surface area (Å²) in [6.07, 6.45) is 3.54. The highest BCUT2D eigenvalue weighted by Crippen LogP contribution is 2.36. The van der Waals surface area contributed by atoms with Crippen LogP contribution in [0.1, 0.15) is 120 Å². The minimum Gasteiger partial charge on any atom is -0.383 e. The fourth-order valence-electron chi connectivity index (χ4n) is 9.43. The number of nitrogen functional groups attached to an aromatic ring is 2. The molecule has 374 valence electrons. The van der Waals surface area contributed by atoms with Crippen LogP contribution in [0.25, 0.3) is 45.2 Å². The number of alkyl halides is 3. The number of nitrogens with zero attached hydrogens (tertiary/aromatic N) is 12. The van der Waals surface area contributed by atoms with Crippen molar-refractivity contribution in [2.45, 2.75) is 90.1 Å². The third-order valence-corrected chi connectivity index (χ3v) is 13.3. The second-order valence-corrected chi connectivity index (χ2v) is 19.1. The summed E-state index contributed by atoms with van der Waals surface area (Å²) in [6, 6.07) is 5.24. The molecule has 3 atom stereocenters. The normalized spacial score (nSPS) is 16.7. The molecule has 9 heterocycles. The standard InChI is InChI=1S/C47H51F3N18O4/c1-23(34-14-31(65-71-34)40-60-29-8-7-26(47(48,49)50)13-30(29)61-40)59-44(70)37-28(39(52)57-22-55-37)20-68-12-9-25(18-68)16-46(3,4)45-53-17-33-42(64-45)63-41(62-33)32-15-35(72-66-32)24(2)58-43(69)36-27(38(51)56-21-54-36)19-67-10-5-6-11-67/h7-8,13-15,17,21-25H,5-6,9-12,16,18-20H2,1-4H3,(H,58,69)(H,59,70)(H,60,61)(H2,51,54,56)(H2,52,55,57)(H,53,62,63,64)/t23-,24-,25?/m1/s1. The number of hydrogen-bond donors (Lipinski definition) is 6. The largest absolute Gasteiger partial charge is 0.416 e. The maximum Gasteiger partial charge on any atom is 0.416 e. The Labute approximate surface area is 408 Å². The number of benzene rings is 1. The van der Waals surface area contributed by atoms with Crippen molar-refractivity contribution in [1.82, 2.24) is 80.6 Å². The molecule has 10 rings (SSSR count). The number of hydrogen-bond acceptors (Lipinski definition) is 18. The molecule has 2 saturated heterocycles. The van der Waals surface area contributed by atoms with Gasteiger partial charge in [-0.3, -0.25) is 19.4 Å². The molecule has 2 fully saturated rings. The molecule has 1 unspecified atom stereocenters. The molecule has 7 aromatic heterocycles. The molecule has 25 heteroatoms. The Morgan fingerprint density at radius 2 is 1.35 bits per heavy atom. The molecule has 22 nitrogen and oxygen atoms in total. The molecule has 2 aliphatic rings. The number of carbonyl (C=O) groups excluding carboxylic acids is 2. The second-order valence-electron chi connectivity index (χ2n) is 19.1. The Morgan fingerprint density at radius 3 is 1.96 bits per heavy atom. The highest BCUT2D eigenvalue weighted by atomic mass is 19.4. The average molecular weight is 989 g/mol. The quantitative estimate of drug-likeness (QED) is 0.0679. The smallest absolute Gasteiger partial charge is 0.383 e. The predicted molar refractivity (Wildman–Crippen MR) is 254 cm³/mol. The molecule has 0 spiro atoms. The van der Waals surface area contributed by atoms with E-state index in [1.165, 1.54) is 18.7 Å². The number of carbonyl (C=O) groups is 2. The summed E-state index contributed by atoms with van der Waals surface area (Å²) >= 11 is 0. The summed E-state index contributed by atoms with van der Waals surface area (Å²) in [5.41, 5.74) is 15.0. The van der Waals surface area contributed by atoms with E-state index in [0.717, 1.165) is 57.5 Å². The van der Waals surface area contributed by atoms with Crippen LogP contribution in [0.2, 0.25) is 0 Å². The van der Waals surface area contributed by atoms with E-state index in [0.29, 0.717) is 70.5 Å². The Morgan fingerprint density at radius 1 is 0.764 bits per heavy atom. The molecule has 0 saturated carbocycles. The molecule has 0 aliphatic carbocycles. The van der Waals surface area contributed by atoms with E-state index in [1.54, 1.807) is 32.2 Å². The number of aromatic amines is 2. The van der Waals surface area contributed by atoms with Crippen molar-refractivity contribution in [1.29, 1.82) is 0 Å². The van der Waals surface area contributed by atoms with Crippen LogP contribution >= 0.6 is 0 Å². The van der Waals surface area contributed by atoms with Gasteiger partial charge in [-0.2, -0.15) is 13.2 Å². The van der Waals surface area contributed by atoms with Gasteiger partial charge in [0.2, 0.25) is 0 Å². The van der Waals surface area contributed by atoms with Crippen LogP contribution < -0.4 is 22.1 Å². The van der Waals surface area contributed by atoms with Crippen LogP contribution in [0.15, 0.2) is 58.2 Å². The predicted octanol–water partition coefficient (Wildman–Crippen LogP) is 6.07. The third-order valence-electron chi connectivity index (χ3n) is 13.3. The zero-order valence-corrected chi connectivity index (χ0v) is 39.7. The van der Waals surface area contributed by atoms with Gasteiger partial charge in [0.05, 0.1) is 34.9 Å². The first-order valence-corrected chi connectivity index (χ1v) is 23.4. The Balaban J connectivity index is 0.750. The third kappa shape index (κ3) is 9.88. The number of amides is 2. The molecule has 8 N–H and O–H groups in total. The van der Waals surface area contributed by atoms with Crippen LogP contribution in [0.3, 0.4) is 0 Å². The van der Waals surface area contributed by atoms with E-state index < -0.39 is 41.1 Å². The zero-order valence-electron chi connectivity index (χ0n) is 39.7. The molecule has 72 heavy (non-hydrogen) atoms. The van der Waals surface area contributed by atoms with E-state index >= 15 is 0 Å². The van der Waals surface area contributed by atoms with Crippen LogP contribution in [0.5, 0.6) is 0 Å². The first-order valence-electron chi connectivity index (χ1n) is 23.4. The number of imidazole rings is 2. The number of H-pyrrole nitrogens is 2. The lowest BCUT2D eigenvalue weighted by Gasteiger charge is -2.26. The molecule has 0 radical (unpaired) electrons. The molecular weight excluding hydrogens is 938 g/mol. The maximum atomic E-state index is 13.7. The summed E-state index contributed by atoms with van der Waals surface area (Å²) in [4.78, 5) is 73.3. The van der Waals surface area contributed by atoms with Gasteiger partial charge in [0.25, 0.3) is 11.8 Å². The lowest BCUT2D eigenvalue weighted by atomic mass is 9.81. The summed E-state index contributed by atoms with van der Waals surface area (Å²) in [6.45, 7) is 11.8. The van der Waals surface area contributed by atoms with Crippen LogP contribution in [0, 0.1) is 5.92 Å². The van der Waals surface area contributed by atoms with Gasteiger partial charge in [-0.1, -0.05) is 24.2 Å². The van der Waals surface area contributed by atoms with Crippen molar-refractivity contribution in [3.8, 4) is 23.0 Å². The number of nitrogens with one attached hydrogen (secondary N) is 4. The van der Waals surface area contributed by atoms with Crippen molar-refractivity contribution in [3.63, 3.8) is 0 Å². The molecule has 2 aliphatic heterocycles. The molecular formula is C47H51F3N18O4. The van der Waals surface area contributed by atoms with Gasteiger partial charge in [-0.15, -0.1) is 0 Å². The Bertz CT molecular complexity index is 3300. The fraction of sp³-hybridized carbons (Fsp3) is 0.404. The van der Waals surface area contributed by atoms with Gasteiger partial charge in [0, 0.05) is 48.3 Å². The van der Waals surface area contributed by atoms with Crippen molar-refractivity contribution in [2.24, 2.45) is 5.92 Å². The summed E-state index contributed by atoms with van der Waals surface area (Å²) < 4.78 is 51.0. The zero-order chi connectivity index (χ0) is 50.5. The monoisotopic (exact) mass is 988 g/mol. The van der Waals surface area contributed by atoms with E-state index in [9.17, 15) is 22.8 Å². The van der Waals surface area contributed by atoms with Gasteiger partial charge >= 0.3 is 6.18 Å². The van der Waals surface area contributed by atoms with Gasteiger partial charge in [0.1, 0.15) is 58.4 Å². The molecule has 0 bridgehead atoms. The number of anilines is 2. The number of rotatable bonds is 15. The highest BCUT2D eigenvalue weighted by molar-refractivity contribution is 5.95. The molecule has 8 aromatic rings. The first-order chi connectivity index (χ1) is 34.4. The number of aromatic nitrogens is 12. The summed E-state index contributed by atoms with van der Waals surface area (Å²) in [5, 5.41) is 14.1. The van der Waals surface area contributed by atoms with E-state index in [1.807, 2.05) is 0 Å². The van der Waals surface area contributed by atoms with Crippen molar-refractivity contribution < 1.29 is 31.8 Å². The SMILES string of the molecule is C[C@@H](NC(=O)c1ncnc(N)c1CN1CCC(CC(C)(C)c2ncc3nc(-c4cc([C@@H](C)NC(=O)c5ncnc(N)c5CN5CCCC5)on4)[nH]c3n2)C1)c1cc(-c2nc3ccc(C(F)(F)F)cc3[nH]2)no1. The van der Waals surface area contributed by atoms with Crippen molar-refractivity contribution >= 4 is 45.6 Å².